The number of ether oxygens (including phenoxy) is 4. The van der Waals surface area contributed by atoms with Crippen molar-refractivity contribution in [3.63, 3.8) is 0 Å². The molecule has 0 bridgehead atoms. The van der Waals surface area contributed by atoms with Crippen molar-refractivity contribution in [1.82, 2.24) is 0 Å². The molecule has 0 radical (unpaired) electrons. The molecule has 27 heavy (non-hydrogen) atoms. The van der Waals surface area contributed by atoms with Gasteiger partial charge in [-0.25, -0.2) is 0 Å². The molecule has 5 heteroatoms. The highest BCUT2D eigenvalue weighted by molar-refractivity contribution is 5.75. The van der Waals surface area contributed by atoms with Crippen LogP contribution < -0.4 is 14.2 Å². The summed E-state index contributed by atoms with van der Waals surface area (Å²) in [6.45, 7) is 0.673. The van der Waals surface area contributed by atoms with Gasteiger partial charge in [0.25, 0.3) is 0 Å². The maximum Gasteiger partial charge on any atom is 0.309 e. The highest BCUT2D eigenvalue weighted by Gasteiger charge is 2.30. The molecule has 1 saturated carbocycles. The SMILES string of the molecule is COc1cc(C=CCOC(=O)C2CC2)cc(OC)c1OCc1ccccc1. The van der Waals surface area contributed by atoms with E-state index in [1.165, 1.54) is 0 Å². The van der Waals surface area contributed by atoms with E-state index in [4.69, 9.17) is 18.9 Å². The monoisotopic (exact) mass is 368 g/mol. The van der Waals surface area contributed by atoms with Crippen molar-refractivity contribution >= 4 is 12.0 Å². The van der Waals surface area contributed by atoms with E-state index in [-0.39, 0.29) is 18.5 Å². The molecule has 0 unspecified atom stereocenters. The zero-order chi connectivity index (χ0) is 19.1. The van der Waals surface area contributed by atoms with Crippen molar-refractivity contribution < 1.29 is 23.7 Å². The molecule has 0 atom stereocenters. The molecule has 0 aromatic heterocycles. The zero-order valence-corrected chi connectivity index (χ0v) is 15.6. The predicted octanol–water partition coefficient (Wildman–Crippen LogP) is 4.25. The number of hydrogen-bond donors (Lipinski definition) is 0. The molecule has 3 rings (SSSR count). The van der Waals surface area contributed by atoms with Crippen LogP contribution in [0.1, 0.15) is 24.0 Å². The minimum absolute atomic E-state index is 0.111. The Kier molecular flexibility index (Phi) is 6.36. The molecular formula is C22H24O5. The van der Waals surface area contributed by atoms with Crippen molar-refractivity contribution in [2.45, 2.75) is 19.4 Å². The highest BCUT2D eigenvalue weighted by atomic mass is 16.5. The lowest BCUT2D eigenvalue weighted by Crippen LogP contribution is -2.05. The summed E-state index contributed by atoms with van der Waals surface area (Å²) < 4.78 is 22.1. The smallest absolute Gasteiger partial charge is 0.309 e. The number of carbonyl (C=O) groups excluding carboxylic acids is 1. The standard InChI is InChI=1S/C22H24O5/c1-24-19-13-17(9-6-12-26-22(23)18-10-11-18)14-20(25-2)21(19)27-15-16-7-4-3-5-8-16/h3-9,13-14,18H,10-12,15H2,1-2H3. The first kappa shape index (κ1) is 18.8. The van der Waals surface area contributed by atoms with Gasteiger partial charge in [0.05, 0.1) is 20.1 Å². The molecule has 0 spiro atoms. The first-order chi connectivity index (χ1) is 13.2. The van der Waals surface area contributed by atoms with Crippen molar-refractivity contribution in [3.05, 3.63) is 59.7 Å². The second kappa shape index (κ2) is 9.12. The van der Waals surface area contributed by atoms with E-state index in [1.54, 1.807) is 20.3 Å². The van der Waals surface area contributed by atoms with Crippen LogP contribution in [0.4, 0.5) is 0 Å². The van der Waals surface area contributed by atoms with Crippen molar-refractivity contribution in [2.75, 3.05) is 20.8 Å². The van der Waals surface area contributed by atoms with Gasteiger partial charge in [-0.3, -0.25) is 4.79 Å². The quantitative estimate of drug-likeness (QED) is 0.620. The van der Waals surface area contributed by atoms with Gasteiger partial charge in [0.2, 0.25) is 5.75 Å². The lowest BCUT2D eigenvalue weighted by atomic mass is 10.1. The molecule has 0 N–H and O–H groups in total. The Morgan fingerprint density at radius 2 is 1.74 bits per heavy atom. The van der Waals surface area contributed by atoms with Crippen LogP contribution in [-0.4, -0.2) is 26.8 Å². The Balaban J connectivity index is 1.68. The number of hydrogen-bond acceptors (Lipinski definition) is 5. The largest absolute Gasteiger partial charge is 0.493 e. The van der Waals surface area contributed by atoms with Gasteiger partial charge in [-0.15, -0.1) is 0 Å². The van der Waals surface area contributed by atoms with E-state index in [0.717, 1.165) is 24.0 Å². The summed E-state index contributed by atoms with van der Waals surface area (Å²) in [6.07, 6.45) is 5.56. The zero-order valence-electron chi connectivity index (χ0n) is 15.6. The van der Waals surface area contributed by atoms with E-state index < -0.39 is 0 Å². The minimum atomic E-state index is -0.112. The molecule has 0 aliphatic heterocycles. The molecule has 1 aliphatic carbocycles. The van der Waals surface area contributed by atoms with Crippen molar-refractivity contribution in [2.24, 2.45) is 5.92 Å². The van der Waals surface area contributed by atoms with E-state index in [1.807, 2.05) is 48.5 Å². The van der Waals surface area contributed by atoms with Gasteiger partial charge in [0.1, 0.15) is 13.2 Å². The highest BCUT2D eigenvalue weighted by Crippen LogP contribution is 2.39. The Hall–Kier alpha value is -2.95. The van der Waals surface area contributed by atoms with Gasteiger partial charge in [0.15, 0.2) is 11.5 Å². The number of methoxy groups -OCH3 is 2. The van der Waals surface area contributed by atoms with Crippen LogP contribution in [0.25, 0.3) is 6.08 Å². The topological polar surface area (TPSA) is 54.0 Å². The average Bonchev–Trinajstić information content (AvgIpc) is 3.55. The lowest BCUT2D eigenvalue weighted by Gasteiger charge is -2.15. The fourth-order valence-corrected chi connectivity index (χ4v) is 2.62. The third-order valence-electron chi connectivity index (χ3n) is 4.25. The summed E-state index contributed by atoms with van der Waals surface area (Å²) in [5.41, 5.74) is 1.93. The summed E-state index contributed by atoms with van der Waals surface area (Å²) in [5, 5.41) is 0. The van der Waals surface area contributed by atoms with E-state index >= 15 is 0 Å². The first-order valence-corrected chi connectivity index (χ1v) is 8.97. The normalized spacial score (nSPS) is 13.4. The molecule has 142 valence electrons. The molecule has 0 saturated heterocycles. The Bertz CT molecular complexity index is 769. The van der Waals surface area contributed by atoms with E-state index in [0.29, 0.717) is 23.9 Å². The molecule has 1 fully saturated rings. The molecule has 2 aromatic rings. The van der Waals surface area contributed by atoms with Gasteiger partial charge in [-0.2, -0.15) is 0 Å². The van der Waals surface area contributed by atoms with E-state index in [9.17, 15) is 4.79 Å². The Labute approximate surface area is 159 Å². The fraction of sp³-hybridized carbons (Fsp3) is 0.318. The van der Waals surface area contributed by atoms with Crippen LogP contribution >= 0.6 is 0 Å². The molecule has 1 aliphatic rings. The third-order valence-corrected chi connectivity index (χ3v) is 4.25. The maximum absolute atomic E-state index is 11.5. The Morgan fingerprint density at radius 1 is 1.07 bits per heavy atom. The minimum Gasteiger partial charge on any atom is -0.493 e. The van der Waals surface area contributed by atoms with Gasteiger partial charge in [0, 0.05) is 0 Å². The van der Waals surface area contributed by atoms with Gasteiger partial charge < -0.3 is 18.9 Å². The van der Waals surface area contributed by atoms with Crippen LogP contribution in [0.2, 0.25) is 0 Å². The molecule has 5 nitrogen and oxygen atoms in total. The van der Waals surface area contributed by atoms with Crippen LogP contribution in [0.15, 0.2) is 48.5 Å². The van der Waals surface area contributed by atoms with Gasteiger partial charge >= 0.3 is 5.97 Å². The van der Waals surface area contributed by atoms with Gasteiger partial charge in [-0.1, -0.05) is 36.4 Å². The number of benzene rings is 2. The second-order valence-corrected chi connectivity index (χ2v) is 6.34. The molecule has 0 heterocycles. The lowest BCUT2D eigenvalue weighted by molar-refractivity contribution is -0.143. The predicted molar refractivity (Wildman–Crippen MR) is 103 cm³/mol. The average molecular weight is 368 g/mol. The summed E-state index contributed by atoms with van der Waals surface area (Å²) in [6, 6.07) is 13.6. The first-order valence-electron chi connectivity index (χ1n) is 8.97. The molecule has 0 amide bonds. The van der Waals surface area contributed by atoms with Crippen LogP contribution in [0.5, 0.6) is 17.2 Å². The van der Waals surface area contributed by atoms with Crippen molar-refractivity contribution in [3.8, 4) is 17.2 Å². The second-order valence-electron chi connectivity index (χ2n) is 6.34. The van der Waals surface area contributed by atoms with Crippen LogP contribution in [0, 0.1) is 5.92 Å². The van der Waals surface area contributed by atoms with Crippen molar-refractivity contribution in [1.29, 1.82) is 0 Å². The number of rotatable bonds is 9. The summed E-state index contributed by atoms with van der Waals surface area (Å²) in [7, 11) is 3.18. The Morgan fingerprint density at radius 3 is 2.33 bits per heavy atom. The van der Waals surface area contributed by atoms with Crippen LogP contribution in [-0.2, 0) is 16.1 Å². The maximum atomic E-state index is 11.5. The third kappa shape index (κ3) is 5.26. The summed E-state index contributed by atoms with van der Waals surface area (Å²) in [5.74, 6) is 1.72. The molecular weight excluding hydrogens is 344 g/mol. The summed E-state index contributed by atoms with van der Waals surface area (Å²) in [4.78, 5) is 11.5. The van der Waals surface area contributed by atoms with Gasteiger partial charge in [-0.05, 0) is 42.2 Å². The van der Waals surface area contributed by atoms with Crippen LogP contribution in [0.3, 0.4) is 0 Å². The summed E-state index contributed by atoms with van der Waals surface area (Å²) >= 11 is 0. The molecule has 2 aromatic carbocycles. The number of esters is 1. The number of carbonyl (C=O) groups is 1. The fourth-order valence-electron chi connectivity index (χ4n) is 2.62. The van der Waals surface area contributed by atoms with E-state index in [2.05, 4.69) is 0 Å².